The molecule has 2 fully saturated rings. The second-order valence-electron chi connectivity index (χ2n) is 15.7. The highest BCUT2D eigenvalue weighted by Gasteiger charge is 2.52. The zero-order valence-corrected chi connectivity index (χ0v) is 30.6. The molecule has 1 N–H and O–H groups in total. The first-order valence-corrected chi connectivity index (χ1v) is 18.3. The zero-order chi connectivity index (χ0) is 35.5. The number of hydrogen-bond acceptors (Lipinski definition) is 9. The SMILES string of the molecule is CCC1C2CN(C(=O)C(C(C)(C)C)NC(=O)OC3CCC(C)C3CCCCCc3nc4ccc(OC)cc4nc3O2)C1C(=O)OCC(C)C. The van der Waals surface area contributed by atoms with E-state index < -0.39 is 35.7 Å². The Labute approximate surface area is 291 Å². The van der Waals surface area contributed by atoms with Crippen molar-refractivity contribution in [2.45, 2.75) is 124 Å². The molecule has 1 aliphatic carbocycles. The lowest BCUT2D eigenvalue weighted by molar-refractivity contribution is -0.157. The number of methoxy groups -OCH3 is 1. The molecule has 0 spiro atoms. The molecular formula is C38H56N4O7. The number of hydrogen-bond donors (Lipinski definition) is 1. The first-order chi connectivity index (χ1) is 23.3. The van der Waals surface area contributed by atoms with E-state index in [4.69, 9.17) is 28.9 Å². The summed E-state index contributed by atoms with van der Waals surface area (Å²) in [4.78, 5) is 53.5. The Morgan fingerprint density at radius 1 is 1.04 bits per heavy atom. The van der Waals surface area contributed by atoms with Crippen LogP contribution in [0.25, 0.3) is 11.0 Å². The van der Waals surface area contributed by atoms with Gasteiger partial charge in [-0.05, 0) is 73.8 Å². The molecule has 1 aromatic carbocycles. The third-order valence-electron chi connectivity index (χ3n) is 10.5. The molecule has 2 aliphatic heterocycles. The molecule has 1 saturated carbocycles. The summed E-state index contributed by atoms with van der Waals surface area (Å²) < 4.78 is 24.1. The third kappa shape index (κ3) is 8.40. The molecule has 5 rings (SSSR count). The summed E-state index contributed by atoms with van der Waals surface area (Å²) >= 11 is 0. The van der Waals surface area contributed by atoms with Crippen molar-refractivity contribution >= 4 is 29.0 Å². The number of rotatable bonds is 5. The van der Waals surface area contributed by atoms with Gasteiger partial charge in [-0.2, -0.15) is 0 Å². The monoisotopic (exact) mass is 680 g/mol. The fourth-order valence-corrected chi connectivity index (χ4v) is 7.72. The minimum Gasteiger partial charge on any atom is -0.497 e. The van der Waals surface area contributed by atoms with Crippen molar-refractivity contribution in [3.05, 3.63) is 23.9 Å². The number of esters is 1. The standard InChI is InChI=1S/C38H56N4O7/c1-9-25-31-20-42(32(25)36(44)47-21-22(2)3)35(43)33(38(5,6)7)41-37(45)49-30-18-15-23(4)26(30)13-11-10-12-14-28-34(48-31)40-29-19-24(46-8)16-17-27(29)39-28/h16-17,19,22-23,25-26,30-33H,9-15,18,20-21H2,1-8H3,(H,41,45). The number of benzene rings is 1. The summed E-state index contributed by atoms with van der Waals surface area (Å²) in [5.41, 5.74) is 1.47. The summed E-state index contributed by atoms with van der Waals surface area (Å²) in [6.07, 6.45) is 5.52. The maximum atomic E-state index is 14.6. The molecular weight excluding hydrogens is 624 g/mol. The van der Waals surface area contributed by atoms with Crippen LogP contribution in [0.15, 0.2) is 18.2 Å². The highest BCUT2D eigenvalue weighted by Crippen LogP contribution is 2.39. The zero-order valence-electron chi connectivity index (χ0n) is 30.6. The lowest BCUT2D eigenvalue weighted by Gasteiger charge is -2.35. The molecule has 2 aromatic rings. The normalized spacial score (nSPS) is 28.5. The van der Waals surface area contributed by atoms with Crippen LogP contribution < -0.4 is 14.8 Å². The smallest absolute Gasteiger partial charge is 0.408 e. The van der Waals surface area contributed by atoms with Crippen LogP contribution in [0.3, 0.4) is 0 Å². The molecule has 7 atom stereocenters. The average molecular weight is 681 g/mol. The van der Waals surface area contributed by atoms with Crippen molar-refractivity contribution in [1.29, 1.82) is 0 Å². The fourth-order valence-electron chi connectivity index (χ4n) is 7.72. The molecule has 270 valence electrons. The van der Waals surface area contributed by atoms with Crippen molar-refractivity contribution in [3.8, 4) is 11.6 Å². The topological polar surface area (TPSA) is 129 Å². The van der Waals surface area contributed by atoms with Crippen molar-refractivity contribution in [1.82, 2.24) is 20.2 Å². The molecule has 3 heterocycles. The second-order valence-corrected chi connectivity index (χ2v) is 15.7. The number of nitrogens with one attached hydrogen (secondary N) is 1. The van der Waals surface area contributed by atoms with Crippen LogP contribution in [0.1, 0.15) is 99.1 Å². The van der Waals surface area contributed by atoms with Gasteiger partial charge in [0.2, 0.25) is 11.8 Å². The lowest BCUT2D eigenvalue weighted by Crippen LogP contribution is -2.57. The van der Waals surface area contributed by atoms with Crippen molar-refractivity contribution in [3.63, 3.8) is 0 Å². The van der Waals surface area contributed by atoms with E-state index in [0.717, 1.165) is 49.7 Å². The van der Waals surface area contributed by atoms with Gasteiger partial charge in [0, 0.05) is 12.0 Å². The predicted octanol–water partition coefficient (Wildman–Crippen LogP) is 6.49. The van der Waals surface area contributed by atoms with Gasteiger partial charge in [-0.15, -0.1) is 0 Å². The number of nitrogens with zero attached hydrogens (tertiary/aromatic N) is 3. The molecule has 7 unspecified atom stereocenters. The molecule has 0 radical (unpaired) electrons. The van der Waals surface area contributed by atoms with Crippen LogP contribution in [0.2, 0.25) is 0 Å². The maximum Gasteiger partial charge on any atom is 0.408 e. The van der Waals surface area contributed by atoms with Gasteiger partial charge < -0.3 is 29.2 Å². The molecule has 3 aliphatic rings. The largest absolute Gasteiger partial charge is 0.497 e. The number of alkyl carbamates (subject to hydrolysis) is 1. The summed E-state index contributed by atoms with van der Waals surface area (Å²) in [5, 5.41) is 2.93. The molecule has 11 nitrogen and oxygen atoms in total. The summed E-state index contributed by atoms with van der Waals surface area (Å²) in [6.45, 7) is 14.2. The number of carbonyl (C=O) groups is 3. The van der Waals surface area contributed by atoms with E-state index in [0.29, 0.717) is 35.9 Å². The number of amides is 2. The highest BCUT2D eigenvalue weighted by atomic mass is 16.6. The van der Waals surface area contributed by atoms with Crippen LogP contribution in [0, 0.1) is 29.1 Å². The number of aryl methyl sites for hydroxylation is 1. The Balaban J connectivity index is 1.57. The van der Waals surface area contributed by atoms with Crippen molar-refractivity contribution in [2.24, 2.45) is 29.1 Å². The summed E-state index contributed by atoms with van der Waals surface area (Å²) in [6, 6.07) is 3.77. The molecule has 11 heteroatoms. The Hall–Kier alpha value is -3.63. The molecule has 1 saturated heterocycles. The van der Waals surface area contributed by atoms with E-state index in [1.165, 1.54) is 0 Å². The van der Waals surface area contributed by atoms with Gasteiger partial charge in [-0.25, -0.2) is 19.6 Å². The molecule has 2 amide bonds. The van der Waals surface area contributed by atoms with Gasteiger partial charge in [-0.1, -0.05) is 61.3 Å². The lowest BCUT2D eigenvalue weighted by atomic mass is 9.85. The van der Waals surface area contributed by atoms with Gasteiger partial charge in [0.05, 0.1) is 31.3 Å². The van der Waals surface area contributed by atoms with Crippen molar-refractivity contribution in [2.75, 3.05) is 20.3 Å². The Kier molecular flexibility index (Phi) is 11.6. The first kappa shape index (κ1) is 36.6. The minimum absolute atomic E-state index is 0.123. The number of carbonyl (C=O) groups excluding carboxylic acids is 3. The van der Waals surface area contributed by atoms with Gasteiger partial charge in [0.15, 0.2) is 0 Å². The van der Waals surface area contributed by atoms with Gasteiger partial charge in [0.25, 0.3) is 0 Å². The second kappa shape index (κ2) is 15.5. The molecule has 2 bridgehead atoms. The van der Waals surface area contributed by atoms with Gasteiger partial charge in [-0.3, -0.25) is 4.79 Å². The van der Waals surface area contributed by atoms with Crippen LogP contribution in [-0.4, -0.2) is 77.4 Å². The average Bonchev–Trinajstić information content (AvgIpc) is 3.59. The Morgan fingerprint density at radius 2 is 1.82 bits per heavy atom. The van der Waals surface area contributed by atoms with Crippen LogP contribution in [0.5, 0.6) is 11.6 Å². The quantitative estimate of drug-likeness (QED) is 0.352. The van der Waals surface area contributed by atoms with Gasteiger partial charge >= 0.3 is 12.1 Å². The minimum atomic E-state index is -0.948. The van der Waals surface area contributed by atoms with E-state index >= 15 is 0 Å². The van der Waals surface area contributed by atoms with Crippen LogP contribution in [-0.2, 0) is 25.5 Å². The van der Waals surface area contributed by atoms with Crippen LogP contribution >= 0.6 is 0 Å². The molecule has 1 aromatic heterocycles. The van der Waals surface area contributed by atoms with Crippen molar-refractivity contribution < 1.29 is 33.3 Å². The van der Waals surface area contributed by atoms with Crippen LogP contribution in [0.4, 0.5) is 4.79 Å². The van der Waals surface area contributed by atoms with E-state index in [2.05, 4.69) is 12.2 Å². The summed E-state index contributed by atoms with van der Waals surface area (Å²) in [5.74, 6) is 0.674. The first-order valence-electron chi connectivity index (χ1n) is 18.3. The Bertz CT molecular complexity index is 1490. The van der Waals surface area contributed by atoms with E-state index in [1.54, 1.807) is 12.0 Å². The number of fused-ring (bicyclic) bond motifs is 5. The van der Waals surface area contributed by atoms with E-state index in [1.807, 2.05) is 59.7 Å². The number of ether oxygens (including phenoxy) is 4. The van der Waals surface area contributed by atoms with Gasteiger partial charge in [0.1, 0.15) is 35.7 Å². The number of aromatic nitrogens is 2. The highest BCUT2D eigenvalue weighted by molar-refractivity contribution is 5.91. The van der Waals surface area contributed by atoms with E-state index in [-0.39, 0.29) is 42.9 Å². The molecule has 49 heavy (non-hydrogen) atoms. The fraction of sp³-hybridized carbons (Fsp3) is 0.711. The third-order valence-corrected chi connectivity index (χ3v) is 10.5. The van der Waals surface area contributed by atoms with E-state index in [9.17, 15) is 14.4 Å². The summed E-state index contributed by atoms with van der Waals surface area (Å²) in [7, 11) is 1.61. The maximum absolute atomic E-state index is 14.6. The Morgan fingerprint density at radius 3 is 2.51 bits per heavy atom. The predicted molar refractivity (Wildman–Crippen MR) is 186 cm³/mol.